The molecule has 4 fully saturated rings. The second-order valence-electron chi connectivity index (χ2n) is 11.5. The predicted octanol–water partition coefficient (Wildman–Crippen LogP) is 4.59. The maximum Gasteiger partial charge on any atom is 0.414 e. The maximum atomic E-state index is 12.5. The van der Waals surface area contributed by atoms with E-state index in [1.165, 1.54) is 24.8 Å². The number of unbranched alkanes of at least 4 members (excludes halogenated alkanes) is 1. The molecule has 0 aliphatic heterocycles. The number of carboxylic acid groups (broad SMARTS) is 2. The molecule has 0 atom stereocenters. The third kappa shape index (κ3) is 9.28. The Bertz CT molecular complexity index is 951. The lowest BCUT2D eigenvalue weighted by Crippen LogP contribution is -2.53. The Balaban J connectivity index is 0.000000663. The number of aliphatic carboxylic acids is 2. The van der Waals surface area contributed by atoms with Crippen LogP contribution in [0.1, 0.15) is 70.3 Å². The average Bonchev–Trinajstić information content (AvgIpc) is 2.90. The lowest BCUT2D eigenvalue weighted by atomic mass is 9.54. The molecule has 0 saturated heterocycles. The van der Waals surface area contributed by atoms with E-state index in [0.29, 0.717) is 6.54 Å². The third-order valence-electron chi connectivity index (χ3n) is 8.38. The minimum atomic E-state index is -1.82. The molecule has 10 heteroatoms. The molecule has 0 radical (unpaired) electrons. The first-order valence-electron chi connectivity index (χ1n) is 14.5. The van der Waals surface area contributed by atoms with Gasteiger partial charge in [0, 0.05) is 19.2 Å². The Morgan fingerprint density at radius 1 is 0.925 bits per heavy atom. The smallest absolute Gasteiger partial charge is 0.414 e. The van der Waals surface area contributed by atoms with Crippen molar-refractivity contribution in [1.29, 1.82) is 0 Å². The highest BCUT2D eigenvalue weighted by Crippen LogP contribution is 2.57. The number of amides is 1. The van der Waals surface area contributed by atoms with Crippen LogP contribution < -0.4 is 14.8 Å². The molecule has 4 aliphatic carbocycles. The SMILES string of the molecule is CCCN(CCCCNC(=O)OC12CC3CC(CC(C3)C1)C2)CCc1ccc(OC)cc1OC.O=C(O)C(=O)O. The summed E-state index contributed by atoms with van der Waals surface area (Å²) in [5.41, 5.74) is 1.05. The van der Waals surface area contributed by atoms with E-state index in [4.69, 9.17) is 34.0 Å². The standard InChI is InChI=1S/C28H44N2O4.C2H2O4/c1-4-11-30(13-9-24-7-8-25(32-2)17-26(24)33-3)12-6-5-10-29-27(31)34-28-18-21-14-22(19-28)16-23(15-21)20-28;3-1(4)2(5)6/h7-8,17,21-23H,4-6,9-16,18-20H2,1-3H3,(H,29,31);(H,3,4)(H,5,6). The molecule has 3 N–H and O–H groups in total. The number of methoxy groups -OCH3 is 2. The predicted molar refractivity (Wildman–Crippen MR) is 150 cm³/mol. The van der Waals surface area contributed by atoms with E-state index in [1.54, 1.807) is 14.2 Å². The summed E-state index contributed by atoms with van der Waals surface area (Å²) in [6.07, 6.45) is 11.3. The molecule has 0 heterocycles. The van der Waals surface area contributed by atoms with Crippen molar-refractivity contribution in [3.63, 3.8) is 0 Å². The number of hydrogen-bond acceptors (Lipinski definition) is 7. The van der Waals surface area contributed by atoms with E-state index in [0.717, 1.165) is 93.8 Å². The molecular formula is C30H46N2O8. The first kappa shape index (κ1) is 31.5. The number of nitrogens with zero attached hydrogens (tertiary/aromatic N) is 1. The molecule has 0 aromatic heterocycles. The molecule has 0 spiro atoms. The lowest BCUT2D eigenvalue weighted by molar-refractivity contribution is -0.159. The molecule has 1 aromatic rings. The van der Waals surface area contributed by atoms with Crippen molar-refractivity contribution in [3.8, 4) is 11.5 Å². The summed E-state index contributed by atoms with van der Waals surface area (Å²) in [5.74, 6) is 0.437. The van der Waals surface area contributed by atoms with Gasteiger partial charge in [0.1, 0.15) is 17.1 Å². The van der Waals surface area contributed by atoms with Crippen LogP contribution in [0.3, 0.4) is 0 Å². The van der Waals surface area contributed by atoms with Gasteiger partial charge in [-0.3, -0.25) is 0 Å². The van der Waals surface area contributed by atoms with Crippen molar-refractivity contribution in [2.24, 2.45) is 17.8 Å². The quantitative estimate of drug-likeness (QED) is 0.233. The first-order valence-corrected chi connectivity index (χ1v) is 14.5. The molecule has 224 valence electrons. The largest absolute Gasteiger partial charge is 0.497 e. The van der Waals surface area contributed by atoms with E-state index in [1.807, 2.05) is 12.1 Å². The molecule has 4 bridgehead atoms. The zero-order chi connectivity index (χ0) is 29.1. The molecule has 4 aliphatic rings. The van der Waals surface area contributed by atoms with E-state index in [9.17, 15) is 4.79 Å². The highest BCUT2D eigenvalue weighted by molar-refractivity contribution is 6.27. The van der Waals surface area contributed by atoms with Gasteiger partial charge >= 0.3 is 18.0 Å². The van der Waals surface area contributed by atoms with Crippen LogP contribution in [-0.2, 0) is 20.7 Å². The molecule has 4 saturated carbocycles. The summed E-state index contributed by atoms with van der Waals surface area (Å²) >= 11 is 0. The van der Waals surface area contributed by atoms with Gasteiger partial charge in [0.05, 0.1) is 14.2 Å². The fourth-order valence-corrected chi connectivity index (χ4v) is 7.03. The van der Waals surface area contributed by atoms with Gasteiger partial charge in [0.2, 0.25) is 0 Å². The van der Waals surface area contributed by atoms with Crippen LogP contribution >= 0.6 is 0 Å². The van der Waals surface area contributed by atoms with Crippen LogP contribution in [0.2, 0.25) is 0 Å². The van der Waals surface area contributed by atoms with E-state index in [2.05, 4.69) is 23.2 Å². The zero-order valence-corrected chi connectivity index (χ0v) is 24.2. The van der Waals surface area contributed by atoms with E-state index >= 15 is 0 Å². The molecule has 1 amide bonds. The highest BCUT2D eigenvalue weighted by Gasteiger charge is 2.53. The molecule has 40 heavy (non-hydrogen) atoms. The summed E-state index contributed by atoms with van der Waals surface area (Å²) in [5, 5.41) is 17.8. The van der Waals surface area contributed by atoms with Crippen LogP contribution in [0.4, 0.5) is 4.79 Å². The van der Waals surface area contributed by atoms with Gasteiger partial charge < -0.3 is 34.6 Å². The number of nitrogens with one attached hydrogen (secondary N) is 1. The van der Waals surface area contributed by atoms with E-state index < -0.39 is 11.9 Å². The molecular weight excluding hydrogens is 516 g/mol. The Morgan fingerprint density at radius 3 is 2.08 bits per heavy atom. The van der Waals surface area contributed by atoms with Crippen molar-refractivity contribution in [1.82, 2.24) is 10.2 Å². The number of carboxylic acids is 2. The number of carbonyl (C=O) groups is 3. The zero-order valence-electron chi connectivity index (χ0n) is 24.2. The fraction of sp³-hybridized carbons (Fsp3) is 0.700. The summed E-state index contributed by atoms with van der Waals surface area (Å²) in [7, 11) is 3.39. The number of ether oxygens (including phenoxy) is 3. The van der Waals surface area contributed by atoms with Gasteiger partial charge in [-0.1, -0.05) is 13.0 Å². The van der Waals surface area contributed by atoms with Crippen LogP contribution in [0.25, 0.3) is 0 Å². The second kappa shape index (κ2) is 15.1. The number of alkyl carbamates (subject to hydrolysis) is 1. The van der Waals surface area contributed by atoms with Gasteiger partial charge in [-0.2, -0.15) is 0 Å². The second-order valence-corrected chi connectivity index (χ2v) is 11.5. The fourth-order valence-electron chi connectivity index (χ4n) is 7.03. The number of hydrogen-bond donors (Lipinski definition) is 3. The average molecular weight is 563 g/mol. The monoisotopic (exact) mass is 562 g/mol. The highest BCUT2D eigenvalue weighted by atomic mass is 16.6. The normalized spacial score (nSPS) is 24.1. The molecule has 5 rings (SSSR count). The maximum absolute atomic E-state index is 12.5. The van der Waals surface area contributed by atoms with Gasteiger partial charge in [-0.25, -0.2) is 14.4 Å². The van der Waals surface area contributed by atoms with Crippen LogP contribution in [0, 0.1) is 17.8 Å². The molecule has 1 aromatic carbocycles. The van der Waals surface area contributed by atoms with Gasteiger partial charge in [-0.05, 0) is 107 Å². The van der Waals surface area contributed by atoms with Crippen molar-refractivity contribution < 1.29 is 38.8 Å². The molecule has 10 nitrogen and oxygen atoms in total. The van der Waals surface area contributed by atoms with Crippen LogP contribution in [0.15, 0.2) is 18.2 Å². The first-order chi connectivity index (χ1) is 19.2. The third-order valence-corrected chi connectivity index (χ3v) is 8.38. The minimum absolute atomic E-state index is 0.154. The summed E-state index contributed by atoms with van der Waals surface area (Å²) < 4.78 is 16.9. The number of carbonyl (C=O) groups excluding carboxylic acids is 1. The van der Waals surface area contributed by atoms with Gasteiger partial charge in [0.15, 0.2) is 0 Å². The summed E-state index contributed by atoms with van der Waals surface area (Å²) in [6.45, 7) is 6.04. The number of benzene rings is 1. The summed E-state index contributed by atoms with van der Waals surface area (Å²) in [6, 6.07) is 6.05. The van der Waals surface area contributed by atoms with Gasteiger partial charge in [-0.15, -0.1) is 0 Å². The van der Waals surface area contributed by atoms with E-state index in [-0.39, 0.29) is 11.7 Å². The van der Waals surface area contributed by atoms with Gasteiger partial charge in [0.25, 0.3) is 0 Å². The summed E-state index contributed by atoms with van der Waals surface area (Å²) in [4.78, 5) is 33.2. The van der Waals surface area contributed by atoms with Crippen LogP contribution in [0.5, 0.6) is 11.5 Å². The Hall–Kier alpha value is -3.01. The van der Waals surface area contributed by atoms with Crippen molar-refractivity contribution in [2.75, 3.05) is 40.4 Å². The van der Waals surface area contributed by atoms with Crippen molar-refractivity contribution >= 4 is 18.0 Å². The minimum Gasteiger partial charge on any atom is -0.497 e. The molecule has 0 unspecified atom stereocenters. The Kier molecular flexibility index (Phi) is 11.9. The topological polar surface area (TPSA) is 135 Å². The Morgan fingerprint density at radius 2 is 1.55 bits per heavy atom. The lowest BCUT2D eigenvalue weighted by Gasteiger charge is -2.55. The van der Waals surface area contributed by atoms with Crippen molar-refractivity contribution in [3.05, 3.63) is 23.8 Å². The Labute approximate surface area is 237 Å². The number of rotatable bonds is 13. The van der Waals surface area contributed by atoms with Crippen molar-refractivity contribution in [2.45, 2.75) is 76.7 Å². The van der Waals surface area contributed by atoms with Crippen LogP contribution in [-0.4, -0.2) is 79.1 Å².